The van der Waals surface area contributed by atoms with E-state index < -0.39 is 0 Å². The van der Waals surface area contributed by atoms with Gasteiger partial charge in [-0.05, 0) is 57.7 Å². The zero-order chi connectivity index (χ0) is 16.5. The minimum atomic E-state index is -0.387. The van der Waals surface area contributed by atoms with Crippen molar-refractivity contribution in [2.75, 3.05) is 6.54 Å². The standard InChI is InChI=1S/C22H21NO/c23-11-10-17-13-18(21-9-8-19(24)14-22(17)21)12-16-6-3-5-15-4-1-2-7-20(15)16/h1-9,12-13,19,24H,10-11,14,23H2/b18-12+. The molecule has 0 radical (unpaired) electrons. The van der Waals surface area contributed by atoms with Gasteiger partial charge in [0.1, 0.15) is 0 Å². The average molecular weight is 315 g/mol. The van der Waals surface area contributed by atoms with Gasteiger partial charge in [0, 0.05) is 6.42 Å². The summed E-state index contributed by atoms with van der Waals surface area (Å²) in [6.07, 6.45) is 9.58. The Hall–Kier alpha value is -2.42. The van der Waals surface area contributed by atoms with E-state index in [0.29, 0.717) is 13.0 Å². The summed E-state index contributed by atoms with van der Waals surface area (Å²) >= 11 is 0. The number of fused-ring (bicyclic) bond motifs is 1. The van der Waals surface area contributed by atoms with Crippen molar-refractivity contribution >= 4 is 16.8 Å². The number of aliphatic hydroxyl groups excluding tert-OH is 1. The molecule has 2 aromatic rings. The Bertz CT molecular complexity index is 909. The Morgan fingerprint density at radius 2 is 1.96 bits per heavy atom. The monoisotopic (exact) mass is 315 g/mol. The quantitative estimate of drug-likeness (QED) is 0.894. The predicted octanol–water partition coefficient (Wildman–Crippen LogP) is 4.13. The summed E-state index contributed by atoms with van der Waals surface area (Å²) in [5.41, 5.74) is 12.0. The number of rotatable bonds is 3. The van der Waals surface area contributed by atoms with Gasteiger partial charge in [-0.1, -0.05) is 60.7 Å². The highest BCUT2D eigenvalue weighted by Crippen LogP contribution is 2.39. The van der Waals surface area contributed by atoms with Crippen molar-refractivity contribution in [1.82, 2.24) is 0 Å². The number of hydrogen-bond donors (Lipinski definition) is 2. The number of allylic oxidation sites excluding steroid dienone is 4. The lowest BCUT2D eigenvalue weighted by atomic mass is 9.91. The molecule has 4 rings (SSSR count). The molecule has 0 bridgehead atoms. The van der Waals surface area contributed by atoms with Gasteiger partial charge in [0.25, 0.3) is 0 Å². The van der Waals surface area contributed by atoms with Crippen LogP contribution in [-0.2, 0) is 0 Å². The van der Waals surface area contributed by atoms with E-state index in [1.807, 2.05) is 6.08 Å². The Morgan fingerprint density at radius 1 is 1.12 bits per heavy atom. The molecular weight excluding hydrogens is 294 g/mol. The lowest BCUT2D eigenvalue weighted by molar-refractivity contribution is 0.222. The van der Waals surface area contributed by atoms with E-state index in [-0.39, 0.29) is 6.10 Å². The lowest BCUT2D eigenvalue weighted by Crippen LogP contribution is -2.10. The maximum atomic E-state index is 9.96. The third kappa shape index (κ3) is 2.64. The van der Waals surface area contributed by atoms with Gasteiger partial charge in [0.2, 0.25) is 0 Å². The van der Waals surface area contributed by atoms with Crippen LogP contribution in [0.5, 0.6) is 0 Å². The van der Waals surface area contributed by atoms with E-state index in [4.69, 9.17) is 5.73 Å². The van der Waals surface area contributed by atoms with Crippen molar-refractivity contribution in [3.8, 4) is 0 Å². The van der Waals surface area contributed by atoms with Crippen LogP contribution in [0.3, 0.4) is 0 Å². The molecule has 0 amide bonds. The molecule has 2 aliphatic carbocycles. The second kappa shape index (κ2) is 6.23. The highest BCUT2D eigenvalue weighted by molar-refractivity contribution is 5.92. The van der Waals surface area contributed by atoms with Gasteiger partial charge in [-0.15, -0.1) is 0 Å². The second-order valence-electron chi connectivity index (χ2n) is 6.40. The molecule has 2 aliphatic rings. The first kappa shape index (κ1) is 15.1. The van der Waals surface area contributed by atoms with Gasteiger partial charge in [0.05, 0.1) is 6.10 Å². The Balaban J connectivity index is 1.83. The van der Waals surface area contributed by atoms with E-state index in [0.717, 1.165) is 6.42 Å². The van der Waals surface area contributed by atoms with Crippen LogP contribution in [0.2, 0.25) is 0 Å². The van der Waals surface area contributed by atoms with Gasteiger partial charge in [-0.3, -0.25) is 0 Å². The van der Waals surface area contributed by atoms with Crippen molar-refractivity contribution in [3.05, 3.63) is 88.5 Å². The molecule has 120 valence electrons. The van der Waals surface area contributed by atoms with E-state index in [2.05, 4.69) is 60.7 Å². The third-order valence-corrected chi connectivity index (χ3v) is 4.80. The molecule has 1 atom stereocenters. The molecular formula is C22H21NO. The van der Waals surface area contributed by atoms with Crippen LogP contribution in [0.25, 0.3) is 16.8 Å². The molecule has 0 saturated heterocycles. The molecule has 0 spiro atoms. The molecule has 0 fully saturated rings. The normalized spacial score (nSPS) is 21.5. The van der Waals surface area contributed by atoms with Gasteiger partial charge in [-0.25, -0.2) is 0 Å². The fourth-order valence-corrected chi connectivity index (χ4v) is 3.66. The second-order valence-corrected chi connectivity index (χ2v) is 6.40. The number of benzene rings is 2. The highest BCUT2D eigenvalue weighted by atomic mass is 16.3. The number of hydrogen-bond acceptors (Lipinski definition) is 2. The zero-order valence-corrected chi connectivity index (χ0v) is 13.6. The summed E-state index contributed by atoms with van der Waals surface area (Å²) in [5.74, 6) is 0. The maximum Gasteiger partial charge on any atom is 0.0764 e. The van der Waals surface area contributed by atoms with Crippen LogP contribution in [0.4, 0.5) is 0 Å². The number of nitrogens with two attached hydrogens (primary N) is 1. The SMILES string of the molecule is NCCC1=C/C(=C\c2cccc3ccccc23)C2=C1CC(O)C=C2. The average Bonchev–Trinajstić information content (AvgIpc) is 2.92. The molecule has 0 aromatic heterocycles. The highest BCUT2D eigenvalue weighted by Gasteiger charge is 2.24. The number of aliphatic hydroxyl groups is 1. The van der Waals surface area contributed by atoms with Crippen molar-refractivity contribution < 1.29 is 5.11 Å². The summed E-state index contributed by atoms with van der Waals surface area (Å²) in [6, 6.07) is 14.9. The molecule has 1 unspecified atom stereocenters. The Kier molecular flexibility index (Phi) is 3.93. The van der Waals surface area contributed by atoms with Gasteiger partial charge < -0.3 is 10.8 Å². The first-order valence-electron chi connectivity index (χ1n) is 8.46. The summed E-state index contributed by atoms with van der Waals surface area (Å²) in [6.45, 7) is 0.629. The minimum absolute atomic E-state index is 0.387. The molecule has 0 aliphatic heterocycles. The van der Waals surface area contributed by atoms with E-state index >= 15 is 0 Å². The van der Waals surface area contributed by atoms with E-state index in [1.54, 1.807) is 0 Å². The van der Waals surface area contributed by atoms with Crippen LogP contribution >= 0.6 is 0 Å². The van der Waals surface area contributed by atoms with E-state index in [9.17, 15) is 5.11 Å². The summed E-state index contributed by atoms with van der Waals surface area (Å²) in [7, 11) is 0. The molecule has 2 heteroatoms. The molecule has 0 saturated carbocycles. The van der Waals surface area contributed by atoms with Crippen molar-refractivity contribution in [3.63, 3.8) is 0 Å². The van der Waals surface area contributed by atoms with E-state index in [1.165, 1.54) is 38.6 Å². The van der Waals surface area contributed by atoms with Gasteiger partial charge in [0.15, 0.2) is 0 Å². The topological polar surface area (TPSA) is 46.2 Å². The van der Waals surface area contributed by atoms with Crippen molar-refractivity contribution in [2.45, 2.75) is 18.9 Å². The van der Waals surface area contributed by atoms with Crippen LogP contribution in [0.15, 0.2) is 83.0 Å². The predicted molar refractivity (Wildman–Crippen MR) is 100 cm³/mol. The maximum absolute atomic E-state index is 9.96. The molecule has 3 N–H and O–H groups in total. The smallest absolute Gasteiger partial charge is 0.0764 e. The Labute approximate surface area is 142 Å². The molecule has 0 heterocycles. The summed E-state index contributed by atoms with van der Waals surface area (Å²) in [4.78, 5) is 0. The van der Waals surface area contributed by atoms with Crippen LogP contribution < -0.4 is 5.73 Å². The van der Waals surface area contributed by atoms with Crippen LogP contribution in [-0.4, -0.2) is 17.8 Å². The van der Waals surface area contributed by atoms with Gasteiger partial charge >= 0.3 is 0 Å². The van der Waals surface area contributed by atoms with Crippen molar-refractivity contribution in [1.29, 1.82) is 0 Å². The third-order valence-electron chi connectivity index (χ3n) is 4.80. The van der Waals surface area contributed by atoms with Crippen LogP contribution in [0.1, 0.15) is 18.4 Å². The van der Waals surface area contributed by atoms with Crippen LogP contribution in [0, 0.1) is 0 Å². The molecule has 2 nitrogen and oxygen atoms in total. The molecule has 24 heavy (non-hydrogen) atoms. The first-order chi connectivity index (χ1) is 11.8. The lowest BCUT2D eigenvalue weighted by Gasteiger charge is -2.17. The zero-order valence-electron chi connectivity index (χ0n) is 13.6. The Morgan fingerprint density at radius 3 is 2.83 bits per heavy atom. The van der Waals surface area contributed by atoms with Crippen molar-refractivity contribution in [2.24, 2.45) is 5.73 Å². The fraction of sp³-hybridized carbons (Fsp3) is 0.182. The first-order valence-corrected chi connectivity index (χ1v) is 8.46. The summed E-state index contributed by atoms with van der Waals surface area (Å²) in [5, 5.41) is 12.5. The summed E-state index contributed by atoms with van der Waals surface area (Å²) < 4.78 is 0. The minimum Gasteiger partial charge on any atom is -0.389 e. The largest absolute Gasteiger partial charge is 0.389 e. The van der Waals surface area contributed by atoms with Gasteiger partial charge in [-0.2, -0.15) is 0 Å². The molecule has 2 aromatic carbocycles. The fourth-order valence-electron chi connectivity index (χ4n) is 3.66.